The molecule has 0 aliphatic rings. The number of ether oxygens (including phenoxy) is 1. The van der Waals surface area contributed by atoms with Crippen LogP contribution in [0.4, 0.5) is 5.69 Å². The van der Waals surface area contributed by atoms with Gasteiger partial charge in [0.05, 0.1) is 27.7 Å². The van der Waals surface area contributed by atoms with E-state index in [0.717, 1.165) is 15.4 Å². The predicted octanol–water partition coefficient (Wildman–Crippen LogP) is 7.06. The summed E-state index contributed by atoms with van der Waals surface area (Å²) in [4.78, 5) is 30.0. The Kier molecular flexibility index (Phi) is 12.3. The maximum Gasteiger partial charge on any atom is 0.264 e. The average molecular weight is 697 g/mol. The number of hydrogen-bond donors (Lipinski definition) is 1. The molecule has 0 fully saturated rings. The Morgan fingerprint density at radius 1 is 0.872 bits per heavy atom. The highest BCUT2D eigenvalue weighted by Crippen LogP contribution is 2.28. The summed E-state index contributed by atoms with van der Waals surface area (Å²) in [7, 11) is -2.71. The van der Waals surface area contributed by atoms with Gasteiger partial charge in [-0.15, -0.1) is 0 Å². The first-order chi connectivity index (χ1) is 22.4. The van der Waals surface area contributed by atoms with Gasteiger partial charge in [0.2, 0.25) is 11.8 Å². The van der Waals surface area contributed by atoms with Gasteiger partial charge in [0.1, 0.15) is 18.3 Å². The fraction of sp³-hybridized carbons (Fsp3) is 0.278. The van der Waals surface area contributed by atoms with Crippen LogP contribution in [0.1, 0.15) is 37.0 Å². The Labute approximate surface area is 287 Å². The Balaban J connectivity index is 1.82. The summed E-state index contributed by atoms with van der Waals surface area (Å²) in [5.41, 5.74) is 2.61. The molecule has 0 heterocycles. The molecule has 2 amide bonds. The van der Waals surface area contributed by atoms with Crippen molar-refractivity contribution in [3.63, 3.8) is 0 Å². The van der Waals surface area contributed by atoms with Gasteiger partial charge in [0.25, 0.3) is 10.0 Å². The van der Waals surface area contributed by atoms with Crippen LogP contribution in [0.5, 0.6) is 5.75 Å². The Morgan fingerprint density at radius 3 is 2.13 bits per heavy atom. The Morgan fingerprint density at radius 2 is 1.53 bits per heavy atom. The summed E-state index contributed by atoms with van der Waals surface area (Å²) in [6.07, 6.45) is 0.883. The molecule has 4 rings (SSSR count). The second kappa shape index (κ2) is 16.2. The van der Waals surface area contributed by atoms with Crippen molar-refractivity contribution in [3.8, 4) is 5.75 Å². The number of amides is 2. The molecule has 0 aromatic heterocycles. The first kappa shape index (κ1) is 35.8. The number of aryl methyl sites for hydroxylation is 1. The zero-order valence-corrected chi connectivity index (χ0v) is 29.1. The van der Waals surface area contributed by atoms with Crippen molar-refractivity contribution in [2.24, 2.45) is 0 Å². The molecule has 11 heteroatoms. The van der Waals surface area contributed by atoms with Gasteiger partial charge in [-0.1, -0.05) is 84.2 Å². The van der Waals surface area contributed by atoms with Crippen molar-refractivity contribution in [2.45, 2.75) is 57.1 Å². The van der Waals surface area contributed by atoms with Crippen LogP contribution >= 0.6 is 23.2 Å². The molecule has 0 radical (unpaired) electrons. The van der Waals surface area contributed by atoms with E-state index in [1.54, 1.807) is 54.6 Å². The zero-order chi connectivity index (χ0) is 34.1. The first-order valence-electron chi connectivity index (χ1n) is 15.2. The summed E-state index contributed by atoms with van der Waals surface area (Å²) < 4.78 is 34.7. The number of methoxy groups -OCH3 is 1. The van der Waals surface area contributed by atoms with Crippen LogP contribution in [0.3, 0.4) is 0 Å². The Hall–Kier alpha value is -4.05. The molecule has 8 nitrogen and oxygen atoms in total. The second-order valence-electron chi connectivity index (χ2n) is 11.3. The van der Waals surface area contributed by atoms with Crippen LogP contribution in [-0.4, -0.2) is 50.9 Å². The number of carbonyl (C=O) groups excluding carboxylic acids is 2. The quantitative estimate of drug-likeness (QED) is 0.152. The van der Waals surface area contributed by atoms with Crippen LogP contribution in [0, 0.1) is 6.92 Å². The van der Waals surface area contributed by atoms with Crippen LogP contribution in [0.25, 0.3) is 0 Å². The lowest BCUT2D eigenvalue weighted by Crippen LogP contribution is -2.54. The lowest BCUT2D eigenvalue weighted by Gasteiger charge is -2.34. The van der Waals surface area contributed by atoms with Crippen molar-refractivity contribution in [2.75, 3.05) is 18.0 Å². The summed E-state index contributed by atoms with van der Waals surface area (Å²) in [5, 5.41) is 3.66. The third-order valence-electron chi connectivity index (χ3n) is 7.86. The van der Waals surface area contributed by atoms with Crippen molar-refractivity contribution in [3.05, 3.63) is 124 Å². The molecule has 47 heavy (non-hydrogen) atoms. The molecular formula is C36H39Cl2N3O5S. The van der Waals surface area contributed by atoms with Crippen molar-refractivity contribution in [1.29, 1.82) is 0 Å². The number of sulfonamides is 1. The summed E-state index contributed by atoms with van der Waals surface area (Å²) in [6.45, 7) is 5.11. The standard InChI is InChI=1S/C36H39Cl2N3O5S/c1-5-26(3)39-36(43)34(22-27-9-7-6-8-10-27)40(23-28-13-20-32(37)33(38)21-28)35(42)24-41(29-14-16-30(46-4)17-15-29)47(44,45)31-18-11-25(2)12-19-31/h6-21,26,34H,5,22-24H2,1-4H3,(H,39,43)/t26-,34+/m0/s1. The van der Waals surface area contributed by atoms with Gasteiger partial charge in [-0.25, -0.2) is 8.42 Å². The minimum Gasteiger partial charge on any atom is -0.497 e. The number of anilines is 1. The monoisotopic (exact) mass is 695 g/mol. The predicted molar refractivity (Wildman–Crippen MR) is 188 cm³/mol. The molecule has 0 aliphatic heterocycles. The van der Waals surface area contributed by atoms with Crippen molar-refractivity contribution in [1.82, 2.24) is 10.2 Å². The normalized spacial score (nSPS) is 12.6. The largest absolute Gasteiger partial charge is 0.497 e. The number of halogens is 2. The van der Waals surface area contributed by atoms with E-state index in [9.17, 15) is 18.0 Å². The van der Waals surface area contributed by atoms with Crippen LogP contribution in [0.2, 0.25) is 10.0 Å². The SMILES string of the molecule is CC[C@H](C)NC(=O)[C@@H](Cc1ccccc1)N(Cc1ccc(Cl)c(Cl)c1)C(=O)CN(c1ccc(OC)cc1)S(=O)(=O)c1ccc(C)cc1. The minimum atomic E-state index is -4.23. The zero-order valence-electron chi connectivity index (χ0n) is 26.8. The molecule has 4 aromatic rings. The highest BCUT2D eigenvalue weighted by Gasteiger charge is 2.35. The van der Waals surface area contributed by atoms with E-state index in [4.69, 9.17) is 27.9 Å². The van der Waals surface area contributed by atoms with Crippen LogP contribution < -0.4 is 14.4 Å². The molecule has 0 saturated heterocycles. The van der Waals surface area contributed by atoms with Gasteiger partial charge < -0.3 is 15.0 Å². The van der Waals surface area contributed by atoms with Gasteiger partial charge in [-0.3, -0.25) is 13.9 Å². The maximum atomic E-state index is 14.6. The van der Waals surface area contributed by atoms with E-state index in [1.807, 2.05) is 51.1 Å². The number of nitrogens with one attached hydrogen (secondary N) is 1. The molecule has 0 aliphatic carbocycles. The minimum absolute atomic E-state index is 0.0256. The number of carbonyl (C=O) groups is 2. The van der Waals surface area contributed by atoms with Crippen LogP contribution in [0.15, 0.2) is 102 Å². The molecule has 4 aromatic carbocycles. The van der Waals surface area contributed by atoms with Gasteiger partial charge >= 0.3 is 0 Å². The number of benzene rings is 4. The molecule has 1 N–H and O–H groups in total. The Bertz CT molecular complexity index is 1770. The second-order valence-corrected chi connectivity index (χ2v) is 14.0. The summed E-state index contributed by atoms with van der Waals surface area (Å²) in [5.74, 6) is -0.407. The molecule has 0 bridgehead atoms. The van der Waals surface area contributed by atoms with Crippen molar-refractivity contribution >= 4 is 50.7 Å². The molecule has 0 unspecified atom stereocenters. The van der Waals surface area contributed by atoms with Gasteiger partial charge in [0.15, 0.2) is 0 Å². The number of hydrogen-bond acceptors (Lipinski definition) is 5. The summed E-state index contributed by atoms with van der Waals surface area (Å²) >= 11 is 12.5. The van der Waals surface area contributed by atoms with E-state index >= 15 is 0 Å². The fourth-order valence-electron chi connectivity index (χ4n) is 4.94. The van der Waals surface area contributed by atoms with Gasteiger partial charge in [-0.2, -0.15) is 0 Å². The fourth-order valence-corrected chi connectivity index (χ4v) is 6.68. The molecule has 2 atom stereocenters. The molecule has 0 spiro atoms. The van der Waals surface area contributed by atoms with E-state index in [1.165, 1.54) is 24.1 Å². The molecular weight excluding hydrogens is 657 g/mol. The highest BCUT2D eigenvalue weighted by atomic mass is 35.5. The molecule has 248 valence electrons. The summed E-state index contributed by atoms with van der Waals surface area (Å²) in [6, 6.07) is 26.1. The van der Waals surface area contributed by atoms with E-state index in [-0.39, 0.29) is 35.5 Å². The maximum absolute atomic E-state index is 14.6. The van der Waals surface area contributed by atoms with Crippen molar-refractivity contribution < 1.29 is 22.7 Å². The lowest BCUT2D eigenvalue weighted by molar-refractivity contribution is -0.140. The average Bonchev–Trinajstić information content (AvgIpc) is 3.07. The number of rotatable bonds is 14. The third-order valence-corrected chi connectivity index (χ3v) is 10.4. The van der Waals surface area contributed by atoms with Crippen LogP contribution in [-0.2, 0) is 32.6 Å². The van der Waals surface area contributed by atoms with Gasteiger partial charge in [-0.05, 0) is 79.9 Å². The van der Waals surface area contributed by atoms with E-state index < -0.39 is 28.5 Å². The van der Waals surface area contributed by atoms with E-state index in [0.29, 0.717) is 27.8 Å². The first-order valence-corrected chi connectivity index (χ1v) is 17.4. The topological polar surface area (TPSA) is 96.0 Å². The molecule has 0 saturated carbocycles. The lowest BCUT2D eigenvalue weighted by atomic mass is 10.0. The number of nitrogens with zero attached hydrogens (tertiary/aromatic N) is 2. The smallest absolute Gasteiger partial charge is 0.264 e. The van der Waals surface area contributed by atoms with E-state index in [2.05, 4.69) is 5.32 Å². The van der Waals surface area contributed by atoms with Gasteiger partial charge in [0, 0.05) is 19.0 Å². The third kappa shape index (κ3) is 9.28. The highest BCUT2D eigenvalue weighted by molar-refractivity contribution is 7.92.